The summed E-state index contributed by atoms with van der Waals surface area (Å²) in [6.45, 7) is 0. The van der Waals surface area contributed by atoms with Crippen LogP contribution in [0.2, 0.25) is 0 Å². The summed E-state index contributed by atoms with van der Waals surface area (Å²) < 4.78 is 14.8. The SMILES string of the molecule is c1cc2c3cc4ccc3sc2c(c1)n1ccc2ccc3ccn(c5cccc6c7cc(ccc7sc65)n5ccc6ccc7ccn4c7c65)c3c21. The van der Waals surface area contributed by atoms with E-state index in [-0.39, 0.29) is 0 Å². The molecule has 6 aromatic carbocycles. The molecule has 4 nitrogen and oxygen atoms in total. The zero-order valence-corrected chi connectivity index (χ0v) is 28.1. The molecule has 232 valence electrons. The molecular formula is C44H24N4S2. The molecule has 7 aromatic heterocycles. The Morgan fingerprint density at radius 1 is 0.340 bits per heavy atom. The van der Waals surface area contributed by atoms with Crippen LogP contribution >= 0.6 is 22.7 Å². The van der Waals surface area contributed by atoms with Gasteiger partial charge in [-0.05, 0) is 72.8 Å². The predicted octanol–water partition coefficient (Wildman–Crippen LogP) is 12.6. The highest BCUT2D eigenvalue weighted by Gasteiger charge is 2.16. The van der Waals surface area contributed by atoms with Gasteiger partial charge in [0, 0.05) is 88.3 Å². The summed E-state index contributed by atoms with van der Waals surface area (Å²) in [6.07, 6.45) is 8.98. The maximum Gasteiger partial charge on any atom is 0.0777 e. The fourth-order valence-electron chi connectivity index (χ4n) is 8.74. The van der Waals surface area contributed by atoms with Crippen molar-refractivity contribution in [2.45, 2.75) is 0 Å². The van der Waals surface area contributed by atoms with Crippen molar-refractivity contribution in [2.24, 2.45) is 0 Å². The Morgan fingerprint density at radius 2 is 0.740 bits per heavy atom. The van der Waals surface area contributed by atoms with Gasteiger partial charge in [-0.15, -0.1) is 22.7 Å². The predicted molar refractivity (Wildman–Crippen MR) is 215 cm³/mol. The topological polar surface area (TPSA) is 17.6 Å². The highest BCUT2D eigenvalue weighted by Crippen LogP contribution is 2.41. The Balaban J connectivity index is 1.35. The van der Waals surface area contributed by atoms with Crippen LogP contribution in [0.5, 0.6) is 0 Å². The molecule has 0 aliphatic rings. The molecule has 0 saturated heterocycles. The highest BCUT2D eigenvalue weighted by atomic mass is 32.1. The van der Waals surface area contributed by atoms with E-state index in [1.165, 1.54) is 106 Å². The van der Waals surface area contributed by atoms with Crippen molar-refractivity contribution in [1.29, 1.82) is 0 Å². The zero-order valence-electron chi connectivity index (χ0n) is 26.5. The van der Waals surface area contributed by atoms with E-state index in [0.29, 0.717) is 0 Å². The molecule has 13 aromatic rings. The van der Waals surface area contributed by atoms with Crippen molar-refractivity contribution in [2.75, 3.05) is 0 Å². The first-order valence-corrected chi connectivity index (χ1v) is 18.5. The molecule has 0 aliphatic heterocycles. The van der Waals surface area contributed by atoms with Gasteiger partial charge in [-0.3, -0.25) is 0 Å². The van der Waals surface area contributed by atoms with E-state index in [1.807, 2.05) is 22.7 Å². The number of hydrogen-bond acceptors (Lipinski definition) is 2. The molecule has 0 fully saturated rings. The van der Waals surface area contributed by atoms with Crippen LogP contribution in [0.4, 0.5) is 0 Å². The normalized spacial score (nSPS) is 12.8. The van der Waals surface area contributed by atoms with Crippen LogP contribution in [0, 0.1) is 0 Å². The van der Waals surface area contributed by atoms with E-state index in [4.69, 9.17) is 0 Å². The molecule has 0 N–H and O–H groups in total. The van der Waals surface area contributed by atoms with Gasteiger partial charge in [0.25, 0.3) is 0 Å². The van der Waals surface area contributed by atoms with E-state index in [0.717, 1.165) is 0 Å². The second-order valence-electron chi connectivity index (χ2n) is 13.5. The summed E-state index contributed by atoms with van der Waals surface area (Å²) >= 11 is 3.78. The van der Waals surface area contributed by atoms with Crippen LogP contribution in [0.25, 0.3) is 106 Å². The Morgan fingerprint density at radius 3 is 1.18 bits per heavy atom. The number of aromatic nitrogens is 4. The number of rotatable bonds is 0. The fraction of sp³-hybridized carbons (Fsp3) is 0. The monoisotopic (exact) mass is 672 g/mol. The molecule has 7 heterocycles. The minimum atomic E-state index is 1.17. The van der Waals surface area contributed by atoms with Gasteiger partial charge in [0.1, 0.15) is 0 Å². The lowest BCUT2D eigenvalue weighted by atomic mass is 10.1. The molecule has 0 aliphatic carbocycles. The molecule has 13 rings (SSSR count). The van der Waals surface area contributed by atoms with Crippen LogP contribution < -0.4 is 0 Å². The molecule has 0 radical (unpaired) electrons. The Kier molecular flexibility index (Phi) is 4.62. The minimum Gasteiger partial charge on any atom is -0.315 e. The quantitative estimate of drug-likeness (QED) is 0.153. The van der Waals surface area contributed by atoms with Gasteiger partial charge in [0.05, 0.1) is 42.5 Å². The lowest BCUT2D eigenvalue weighted by molar-refractivity contribution is 1.24. The number of benzene rings is 6. The van der Waals surface area contributed by atoms with E-state index >= 15 is 0 Å². The van der Waals surface area contributed by atoms with Gasteiger partial charge in [0.2, 0.25) is 0 Å². The van der Waals surface area contributed by atoms with E-state index in [1.54, 1.807) is 0 Å². The summed E-state index contributed by atoms with van der Waals surface area (Å²) in [7, 11) is 0. The van der Waals surface area contributed by atoms with Crippen LogP contribution in [-0.4, -0.2) is 17.6 Å². The van der Waals surface area contributed by atoms with Crippen molar-refractivity contribution >= 4 is 129 Å². The minimum absolute atomic E-state index is 1.17. The maximum atomic E-state index is 2.42. The second-order valence-corrected chi connectivity index (χ2v) is 15.6. The first-order valence-electron chi connectivity index (χ1n) is 16.9. The summed E-state index contributed by atoms with van der Waals surface area (Å²) in [5, 5.41) is 10.1. The summed E-state index contributed by atoms with van der Waals surface area (Å²) in [6, 6.07) is 45.6. The standard InChI is InChI=1S/C44H24N4S2/c1-3-31-33-23-29-11-13-37(33)49-43(31)35(5-1)47-21-17-27-9-10-28-18-22-48(42(28)41(27)47)36-6-2-4-32-34-24-30(12-14-38(34)50-44(32)36)46-20-16-26-8-7-25-15-19-45(29)39(25)40(26)46/h1-24H. The molecule has 6 heteroatoms. The summed E-state index contributed by atoms with van der Waals surface area (Å²) in [4.78, 5) is 0. The summed E-state index contributed by atoms with van der Waals surface area (Å²) in [5.74, 6) is 0. The third kappa shape index (κ3) is 3.12. The maximum absolute atomic E-state index is 2.42. The summed E-state index contributed by atoms with van der Waals surface area (Å²) in [5.41, 5.74) is 9.69. The zero-order chi connectivity index (χ0) is 32.2. The van der Waals surface area contributed by atoms with Crippen LogP contribution in [0.3, 0.4) is 0 Å². The fourth-order valence-corrected chi connectivity index (χ4v) is 11.1. The molecule has 0 amide bonds. The molecule has 0 atom stereocenters. The van der Waals surface area contributed by atoms with Crippen molar-refractivity contribution < 1.29 is 0 Å². The van der Waals surface area contributed by atoms with Crippen molar-refractivity contribution in [3.8, 4) is 0 Å². The molecule has 0 saturated carbocycles. The van der Waals surface area contributed by atoms with Crippen molar-refractivity contribution in [1.82, 2.24) is 17.6 Å². The van der Waals surface area contributed by atoms with E-state index < -0.39 is 0 Å². The van der Waals surface area contributed by atoms with E-state index in [2.05, 4.69) is 164 Å². The number of fused-ring (bicyclic) bond motifs is 6. The highest BCUT2D eigenvalue weighted by molar-refractivity contribution is 7.27. The Labute approximate surface area is 291 Å². The van der Waals surface area contributed by atoms with Crippen LogP contribution in [0.1, 0.15) is 0 Å². The van der Waals surface area contributed by atoms with Gasteiger partial charge in [0.15, 0.2) is 0 Å². The molecular weight excluding hydrogens is 649 g/mol. The molecule has 10 bridgehead atoms. The molecule has 0 unspecified atom stereocenters. The average molecular weight is 673 g/mol. The number of thiophene rings is 2. The first kappa shape index (κ1) is 25.9. The van der Waals surface area contributed by atoms with Gasteiger partial charge in [-0.1, -0.05) is 48.5 Å². The molecule has 50 heavy (non-hydrogen) atoms. The smallest absolute Gasteiger partial charge is 0.0777 e. The van der Waals surface area contributed by atoms with Gasteiger partial charge in [-0.2, -0.15) is 0 Å². The van der Waals surface area contributed by atoms with Crippen molar-refractivity contribution in [3.05, 3.63) is 146 Å². The van der Waals surface area contributed by atoms with Crippen LogP contribution in [-0.2, 0) is 0 Å². The lowest BCUT2D eigenvalue weighted by Gasteiger charge is -2.05. The van der Waals surface area contributed by atoms with Gasteiger partial charge >= 0.3 is 0 Å². The molecule has 0 spiro atoms. The van der Waals surface area contributed by atoms with Gasteiger partial charge in [-0.25, -0.2) is 0 Å². The third-order valence-corrected chi connectivity index (χ3v) is 13.4. The third-order valence-electron chi connectivity index (χ3n) is 11.0. The van der Waals surface area contributed by atoms with Gasteiger partial charge < -0.3 is 17.6 Å². The largest absolute Gasteiger partial charge is 0.315 e. The Hall–Kier alpha value is -6.08. The van der Waals surface area contributed by atoms with Crippen LogP contribution in [0.15, 0.2) is 146 Å². The lowest BCUT2D eigenvalue weighted by Crippen LogP contribution is -1.89. The van der Waals surface area contributed by atoms with E-state index in [9.17, 15) is 0 Å². The average Bonchev–Trinajstić information content (AvgIpc) is 4.00. The number of hydrogen-bond donors (Lipinski definition) is 0. The van der Waals surface area contributed by atoms with Crippen molar-refractivity contribution in [3.63, 3.8) is 0 Å². The Bertz CT molecular complexity index is 3430. The first-order chi connectivity index (χ1) is 24.8. The second kappa shape index (κ2) is 8.93. The number of nitrogens with zero attached hydrogens (tertiary/aromatic N) is 4.